The van der Waals surface area contributed by atoms with Gasteiger partial charge in [0.05, 0.1) is 24.9 Å². The smallest absolute Gasteiger partial charge is 0.337 e. The molecule has 116 valence electrons. The predicted octanol–water partition coefficient (Wildman–Crippen LogP) is 2.92. The number of benzene rings is 1. The molecule has 0 fully saturated rings. The number of rotatable bonds is 6. The molecule has 0 unspecified atom stereocenters. The topological polar surface area (TPSA) is 63.7 Å². The van der Waals surface area contributed by atoms with Gasteiger partial charge in [-0.05, 0) is 35.7 Å². The quantitative estimate of drug-likeness (QED) is 0.600. The Hall–Kier alpha value is -2.12. The zero-order valence-corrected chi connectivity index (χ0v) is 13.6. The molecular weight excluding hydrogens is 322 g/mol. The minimum Gasteiger partial charge on any atom is -0.465 e. The van der Waals surface area contributed by atoms with Crippen molar-refractivity contribution in [1.29, 1.82) is 0 Å². The molecule has 0 saturated heterocycles. The number of thiophene rings is 1. The van der Waals surface area contributed by atoms with Crippen LogP contribution in [0.5, 0.6) is 0 Å². The van der Waals surface area contributed by atoms with Crippen molar-refractivity contribution in [2.45, 2.75) is 4.21 Å². The largest absolute Gasteiger partial charge is 0.465 e. The third kappa shape index (κ3) is 3.20. The van der Waals surface area contributed by atoms with Crippen LogP contribution in [0.2, 0.25) is 0 Å². The molecule has 1 heterocycles. The summed E-state index contributed by atoms with van der Waals surface area (Å²) in [4.78, 5) is 11.4. The Morgan fingerprint density at radius 1 is 1.32 bits per heavy atom. The van der Waals surface area contributed by atoms with Crippen LogP contribution in [0, 0.1) is 0 Å². The second-order valence-corrected chi connectivity index (χ2v) is 7.33. The summed E-state index contributed by atoms with van der Waals surface area (Å²) in [6, 6.07) is 9.44. The summed E-state index contributed by atoms with van der Waals surface area (Å²) in [6.45, 7) is 3.74. The molecule has 0 aliphatic carbocycles. The highest BCUT2D eigenvalue weighted by Crippen LogP contribution is 2.26. The van der Waals surface area contributed by atoms with E-state index in [0.717, 1.165) is 11.3 Å². The molecule has 0 aliphatic rings. The zero-order chi connectivity index (χ0) is 16.2. The molecule has 0 aliphatic heterocycles. The lowest BCUT2D eigenvalue weighted by Gasteiger charge is -2.22. The summed E-state index contributed by atoms with van der Waals surface area (Å²) in [6.07, 6.45) is 1.51. The van der Waals surface area contributed by atoms with Crippen molar-refractivity contribution < 1.29 is 17.9 Å². The second-order valence-electron chi connectivity index (χ2n) is 4.30. The Balaban J connectivity index is 2.40. The number of anilines is 1. The van der Waals surface area contributed by atoms with Gasteiger partial charge in [0.15, 0.2) is 0 Å². The Morgan fingerprint density at radius 2 is 2.00 bits per heavy atom. The zero-order valence-electron chi connectivity index (χ0n) is 11.9. The van der Waals surface area contributed by atoms with E-state index in [9.17, 15) is 13.2 Å². The minimum absolute atomic E-state index is 0.137. The van der Waals surface area contributed by atoms with E-state index in [1.165, 1.54) is 29.6 Å². The summed E-state index contributed by atoms with van der Waals surface area (Å²) in [5.74, 6) is -0.470. The maximum Gasteiger partial charge on any atom is 0.337 e. The third-order valence-electron chi connectivity index (χ3n) is 2.91. The molecule has 2 aromatic rings. The lowest BCUT2D eigenvalue weighted by atomic mass is 10.2. The number of methoxy groups -OCH3 is 1. The summed E-state index contributed by atoms with van der Waals surface area (Å²) >= 11 is 1.15. The average Bonchev–Trinajstić information content (AvgIpc) is 3.07. The lowest BCUT2D eigenvalue weighted by Crippen LogP contribution is -2.30. The summed E-state index contributed by atoms with van der Waals surface area (Å²) in [7, 11) is -2.35. The van der Waals surface area contributed by atoms with Crippen molar-refractivity contribution >= 4 is 33.0 Å². The Labute approximate surface area is 133 Å². The molecule has 5 nitrogen and oxygen atoms in total. The molecule has 7 heteroatoms. The van der Waals surface area contributed by atoms with Crippen LogP contribution in [0.3, 0.4) is 0 Å². The van der Waals surface area contributed by atoms with E-state index in [1.807, 2.05) is 0 Å². The van der Waals surface area contributed by atoms with Crippen LogP contribution < -0.4 is 4.31 Å². The highest BCUT2D eigenvalue weighted by molar-refractivity contribution is 7.94. The van der Waals surface area contributed by atoms with Gasteiger partial charge >= 0.3 is 5.97 Å². The Bertz CT molecular complexity index is 749. The first kappa shape index (κ1) is 16.3. The number of carbonyl (C=O) groups is 1. The molecule has 0 radical (unpaired) electrons. The van der Waals surface area contributed by atoms with Crippen molar-refractivity contribution in [2.75, 3.05) is 18.0 Å². The molecule has 22 heavy (non-hydrogen) atoms. The molecule has 0 amide bonds. The predicted molar refractivity (Wildman–Crippen MR) is 86.8 cm³/mol. The first-order valence-corrected chi connectivity index (χ1v) is 8.68. The van der Waals surface area contributed by atoms with E-state index in [2.05, 4.69) is 11.3 Å². The van der Waals surface area contributed by atoms with E-state index in [0.29, 0.717) is 11.3 Å². The molecule has 0 N–H and O–H groups in total. The van der Waals surface area contributed by atoms with Gasteiger partial charge in [-0.15, -0.1) is 17.9 Å². The van der Waals surface area contributed by atoms with Crippen molar-refractivity contribution in [3.8, 4) is 0 Å². The molecule has 2 rings (SSSR count). The first-order valence-electron chi connectivity index (χ1n) is 6.36. The summed E-state index contributed by atoms with van der Waals surface area (Å²) < 4.78 is 31.4. The van der Waals surface area contributed by atoms with Gasteiger partial charge in [-0.3, -0.25) is 4.31 Å². The molecule has 0 bridgehead atoms. The van der Waals surface area contributed by atoms with Gasteiger partial charge in [-0.25, -0.2) is 13.2 Å². The van der Waals surface area contributed by atoms with Crippen LogP contribution in [-0.2, 0) is 14.8 Å². The molecule has 1 aromatic carbocycles. The number of hydrogen-bond donors (Lipinski definition) is 0. The van der Waals surface area contributed by atoms with Crippen molar-refractivity contribution in [3.63, 3.8) is 0 Å². The monoisotopic (exact) mass is 337 g/mol. The van der Waals surface area contributed by atoms with Crippen molar-refractivity contribution in [1.82, 2.24) is 0 Å². The number of nitrogens with zero attached hydrogens (tertiary/aromatic N) is 1. The number of ether oxygens (including phenoxy) is 1. The van der Waals surface area contributed by atoms with Crippen molar-refractivity contribution in [3.05, 3.63) is 60.0 Å². The van der Waals surface area contributed by atoms with E-state index < -0.39 is 16.0 Å². The van der Waals surface area contributed by atoms with Crippen LogP contribution in [0.1, 0.15) is 10.4 Å². The number of sulfonamides is 1. The lowest BCUT2D eigenvalue weighted by molar-refractivity contribution is 0.0601. The minimum atomic E-state index is -3.65. The van der Waals surface area contributed by atoms with Gasteiger partial charge in [0.25, 0.3) is 10.0 Å². The van der Waals surface area contributed by atoms with Gasteiger partial charge in [-0.1, -0.05) is 12.1 Å². The summed E-state index contributed by atoms with van der Waals surface area (Å²) in [5, 5.41) is 1.71. The highest BCUT2D eigenvalue weighted by Gasteiger charge is 2.25. The van der Waals surface area contributed by atoms with Crippen molar-refractivity contribution in [2.24, 2.45) is 0 Å². The molecule has 1 aromatic heterocycles. The maximum absolute atomic E-state index is 12.7. The fraction of sp³-hybridized carbons (Fsp3) is 0.133. The van der Waals surface area contributed by atoms with Crippen LogP contribution >= 0.6 is 11.3 Å². The third-order valence-corrected chi connectivity index (χ3v) is 6.08. The van der Waals surface area contributed by atoms with Gasteiger partial charge in [-0.2, -0.15) is 0 Å². The van der Waals surface area contributed by atoms with E-state index in [1.54, 1.807) is 29.6 Å². The average molecular weight is 337 g/mol. The van der Waals surface area contributed by atoms with E-state index in [-0.39, 0.29) is 10.8 Å². The van der Waals surface area contributed by atoms with Crippen LogP contribution in [0.4, 0.5) is 5.69 Å². The van der Waals surface area contributed by atoms with E-state index in [4.69, 9.17) is 0 Å². The SMILES string of the molecule is C=CCN(c1ccc(C(=O)OC)cc1)S(=O)(=O)c1cccs1. The van der Waals surface area contributed by atoms with Gasteiger partial charge in [0.1, 0.15) is 4.21 Å². The number of hydrogen-bond acceptors (Lipinski definition) is 5. The summed E-state index contributed by atoms with van der Waals surface area (Å²) in [5.41, 5.74) is 0.819. The van der Waals surface area contributed by atoms with Gasteiger partial charge in [0, 0.05) is 0 Å². The molecule has 0 atom stereocenters. The highest BCUT2D eigenvalue weighted by atomic mass is 32.2. The fourth-order valence-corrected chi connectivity index (χ4v) is 4.40. The van der Waals surface area contributed by atoms with Gasteiger partial charge < -0.3 is 4.74 Å². The normalized spacial score (nSPS) is 11.0. The Kier molecular flexibility index (Phi) is 4.99. The van der Waals surface area contributed by atoms with Gasteiger partial charge in [0.2, 0.25) is 0 Å². The second kappa shape index (κ2) is 6.76. The number of carbonyl (C=O) groups excluding carboxylic acids is 1. The van der Waals surface area contributed by atoms with E-state index >= 15 is 0 Å². The fourth-order valence-electron chi connectivity index (χ4n) is 1.86. The first-order chi connectivity index (χ1) is 10.5. The standard InChI is InChI=1S/C15H15NO4S2/c1-3-10-16(22(18,19)14-5-4-11-21-14)13-8-6-12(7-9-13)15(17)20-2/h3-9,11H,1,10H2,2H3. The molecule has 0 saturated carbocycles. The molecule has 0 spiro atoms. The molecular formula is C15H15NO4S2. The Morgan fingerprint density at radius 3 is 2.50 bits per heavy atom. The number of esters is 1. The van der Waals surface area contributed by atoms with Crippen LogP contribution in [0.15, 0.2) is 58.6 Å². The van der Waals surface area contributed by atoms with Crippen LogP contribution in [-0.4, -0.2) is 28.0 Å². The van der Waals surface area contributed by atoms with Crippen LogP contribution in [0.25, 0.3) is 0 Å². The maximum atomic E-state index is 12.7.